The third-order valence-electron chi connectivity index (χ3n) is 2.60. The summed E-state index contributed by atoms with van der Waals surface area (Å²) in [5.41, 5.74) is 1.89. The molecule has 2 nitrogen and oxygen atoms in total. The van der Waals surface area contributed by atoms with Crippen LogP contribution in [0.3, 0.4) is 0 Å². The Hall–Kier alpha value is -0.670. The molecule has 1 N–H and O–H groups in total. The number of nitrogens with zero attached hydrogens (tertiary/aromatic N) is 1. The van der Waals surface area contributed by atoms with Crippen molar-refractivity contribution in [3.05, 3.63) is 28.7 Å². The molecule has 1 aliphatic carbocycles. The van der Waals surface area contributed by atoms with Gasteiger partial charge in [-0.05, 0) is 26.2 Å². The van der Waals surface area contributed by atoms with Crippen LogP contribution >= 0.6 is 11.3 Å². The van der Waals surface area contributed by atoms with Gasteiger partial charge >= 0.3 is 0 Å². The Kier molecular flexibility index (Phi) is 3.32. The van der Waals surface area contributed by atoms with Crippen molar-refractivity contribution >= 4 is 11.3 Å². The maximum absolute atomic E-state index is 4.10. The van der Waals surface area contributed by atoms with Crippen LogP contribution in [0.15, 0.2) is 23.9 Å². The number of aromatic nitrogens is 1. The topological polar surface area (TPSA) is 24.9 Å². The van der Waals surface area contributed by atoms with E-state index in [4.69, 9.17) is 0 Å². The molecular formula is C11H16N2S. The van der Waals surface area contributed by atoms with Crippen LogP contribution in [-0.4, -0.2) is 11.0 Å². The molecule has 0 bridgehead atoms. The summed E-state index contributed by atoms with van der Waals surface area (Å²) >= 11 is 1.72. The third-order valence-corrected chi connectivity index (χ3v) is 3.55. The molecule has 0 amide bonds. The summed E-state index contributed by atoms with van der Waals surface area (Å²) in [6.07, 6.45) is 10.3. The summed E-state index contributed by atoms with van der Waals surface area (Å²) in [6, 6.07) is 0.982. The maximum Gasteiger partial charge on any atom is 0.0794 e. The van der Waals surface area contributed by atoms with Crippen LogP contribution in [0.2, 0.25) is 0 Å². The highest BCUT2D eigenvalue weighted by Crippen LogP contribution is 2.19. The number of rotatable bonds is 3. The normalized spacial score (nSPS) is 23.6. The SMILES string of the molecule is CC(NC1C=CCCC1)c1cncs1. The Morgan fingerprint density at radius 1 is 1.64 bits per heavy atom. The van der Waals surface area contributed by atoms with E-state index < -0.39 is 0 Å². The molecule has 0 radical (unpaired) electrons. The number of thiazole rings is 1. The van der Waals surface area contributed by atoms with Crippen molar-refractivity contribution in [2.75, 3.05) is 0 Å². The monoisotopic (exact) mass is 208 g/mol. The molecule has 0 aliphatic heterocycles. The second kappa shape index (κ2) is 4.71. The molecule has 0 fully saturated rings. The number of nitrogens with one attached hydrogen (secondary N) is 1. The van der Waals surface area contributed by atoms with Crippen molar-refractivity contribution in [2.24, 2.45) is 0 Å². The largest absolute Gasteiger partial charge is 0.303 e. The number of allylic oxidation sites excluding steroid dienone is 1. The van der Waals surface area contributed by atoms with E-state index in [1.807, 2.05) is 11.7 Å². The Balaban J connectivity index is 1.91. The summed E-state index contributed by atoms with van der Waals surface area (Å²) in [5.74, 6) is 0. The Morgan fingerprint density at radius 3 is 3.21 bits per heavy atom. The molecular weight excluding hydrogens is 192 g/mol. The van der Waals surface area contributed by atoms with Gasteiger partial charge in [0.2, 0.25) is 0 Å². The van der Waals surface area contributed by atoms with E-state index in [2.05, 4.69) is 29.4 Å². The molecule has 0 spiro atoms. The van der Waals surface area contributed by atoms with Gasteiger partial charge in [0.25, 0.3) is 0 Å². The Morgan fingerprint density at radius 2 is 2.57 bits per heavy atom. The highest BCUT2D eigenvalue weighted by atomic mass is 32.1. The predicted molar refractivity (Wildman–Crippen MR) is 60.4 cm³/mol. The highest BCUT2D eigenvalue weighted by Gasteiger charge is 2.13. The predicted octanol–water partition coefficient (Wildman–Crippen LogP) is 2.90. The maximum atomic E-state index is 4.10. The van der Waals surface area contributed by atoms with Gasteiger partial charge in [-0.15, -0.1) is 11.3 Å². The van der Waals surface area contributed by atoms with E-state index in [9.17, 15) is 0 Å². The minimum atomic E-state index is 0.426. The van der Waals surface area contributed by atoms with Crippen molar-refractivity contribution in [3.63, 3.8) is 0 Å². The zero-order valence-corrected chi connectivity index (χ0v) is 9.26. The van der Waals surface area contributed by atoms with Gasteiger partial charge in [0.1, 0.15) is 0 Å². The first kappa shape index (κ1) is 9.87. The van der Waals surface area contributed by atoms with Crippen LogP contribution < -0.4 is 5.32 Å². The molecule has 0 saturated carbocycles. The van der Waals surface area contributed by atoms with Crippen LogP contribution in [0.5, 0.6) is 0 Å². The lowest BCUT2D eigenvalue weighted by Crippen LogP contribution is -2.30. The Bertz CT molecular complexity index is 292. The quantitative estimate of drug-likeness (QED) is 0.773. The van der Waals surface area contributed by atoms with Crippen LogP contribution in [0.25, 0.3) is 0 Å². The van der Waals surface area contributed by atoms with Gasteiger partial charge < -0.3 is 5.32 Å². The van der Waals surface area contributed by atoms with E-state index in [0.717, 1.165) is 0 Å². The molecule has 2 unspecified atom stereocenters. The minimum Gasteiger partial charge on any atom is -0.303 e. The van der Waals surface area contributed by atoms with Gasteiger partial charge in [0.15, 0.2) is 0 Å². The first-order valence-corrected chi connectivity index (χ1v) is 6.05. The molecule has 1 aromatic rings. The molecule has 76 valence electrons. The lowest BCUT2D eigenvalue weighted by Gasteiger charge is -2.21. The molecule has 2 rings (SSSR count). The average Bonchev–Trinajstić information content (AvgIpc) is 2.72. The van der Waals surface area contributed by atoms with Gasteiger partial charge in [-0.2, -0.15) is 0 Å². The zero-order chi connectivity index (χ0) is 9.80. The van der Waals surface area contributed by atoms with Crippen LogP contribution in [-0.2, 0) is 0 Å². The van der Waals surface area contributed by atoms with Crippen molar-refractivity contribution in [2.45, 2.75) is 38.3 Å². The highest BCUT2D eigenvalue weighted by molar-refractivity contribution is 7.09. The molecule has 2 atom stereocenters. The van der Waals surface area contributed by atoms with Gasteiger partial charge in [-0.3, -0.25) is 4.98 Å². The van der Waals surface area contributed by atoms with Gasteiger partial charge in [-0.1, -0.05) is 12.2 Å². The first-order valence-electron chi connectivity index (χ1n) is 5.17. The van der Waals surface area contributed by atoms with Crippen LogP contribution in [0.4, 0.5) is 0 Å². The lowest BCUT2D eigenvalue weighted by molar-refractivity contribution is 0.471. The summed E-state index contributed by atoms with van der Waals surface area (Å²) < 4.78 is 0. The summed E-state index contributed by atoms with van der Waals surface area (Å²) in [5, 5.41) is 3.60. The lowest BCUT2D eigenvalue weighted by atomic mass is 10.0. The van der Waals surface area contributed by atoms with Gasteiger partial charge in [0, 0.05) is 23.2 Å². The third kappa shape index (κ3) is 2.42. The van der Waals surface area contributed by atoms with Crippen molar-refractivity contribution in [3.8, 4) is 0 Å². The van der Waals surface area contributed by atoms with Crippen molar-refractivity contribution in [1.82, 2.24) is 10.3 Å². The van der Waals surface area contributed by atoms with E-state index in [0.29, 0.717) is 12.1 Å². The van der Waals surface area contributed by atoms with E-state index in [1.165, 1.54) is 24.1 Å². The van der Waals surface area contributed by atoms with Crippen molar-refractivity contribution < 1.29 is 0 Å². The van der Waals surface area contributed by atoms with Gasteiger partial charge in [0.05, 0.1) is 5.51 Å². The molecule has 1 aromatic heterocycles. The fraction of sp³-hybridized carbons (Fsp3) is 0.545. The molecule has 14 heavy (non-hydrogen) atoms. The van der Waals surface area contributed by atoms with Gasteiger partial charge in [-0.25, -0.2) is 0 Å². The summed E-state index contributed by atoms with van der Waals surface area (Å²) in [7, 11) is 0. The van der Waals surface area contributed by atoms with Crippen molar-refractivity contribution in [1.29, 1.82) is 0 Å². The molecule has 0 saturated heterocycles. The molecule has 0 aromatic carbocycles. The minimum absolute atomic E-state index is 0.426. The fourth-order valence-corrected chi connectivity index (χ4v) is 2.43. The molecule has 3 heteroatoms. The number of hydrogen-bond donors (Lipinski definition) is 1. The van der Waals surface area contributed by atoms with Crippen LogP contribution in [0, 0.1) is 0 Å². The second-order valence-corrected chi connectivity index (χ2v) is 4.68. The first-order chi connectivity index (χ1) is 6.86. The standard InChI is InChI=1S/C11H16N2S/c1-9(11-7-12-8-14-11)13-10-5-3-2-4-6-10/h3,5,7-10,13H,2,4,6H2,1H3. The summed E-state index contributed by atoms with van der Waals surface area (Å²) in [4.78, 5) is 5.42. The van der Waals surface area contributed by atoms with E-state index in [1.54, 1.807) is 11.3 Å². The fourth-order valence-electron chi connectivity index (χ4n) is 1.79. The molecule has 1 heterocycles. The summed E-state index contributed by atoms with van der Waals surface area (Å²) in [6.45, 7) is 2.20. The van der Waals surface area contributed by atoms with E-state index in [-0.39, 0.29) is 0 Å². The Labute approximate surface area is 89.1 Å². The number of hydrogen-bond acceptors (Lipinski definition) is 3. The molecule has 1 aliphatic rings. The second-order valence-electron chi connectivity index (χ2n) is 3.76. The van der Waals surface area contributed by atoms with E-state index >= 15 is 0 Å². The average molecular weight is 208 g/mol. The zero-order valence-electron chi connectivity index (χ0n) is 8.44. The smallest absolute Gasteiger partial charge is 0.0794 e. The van der Waals surface area contributed by atoms with Crippen LogP contribution in [0.1, 0.15) is 37.1 Å².